The van der Waals surface area contributed by atoms with Crippen molar-refractivity contribution in [2.75, 3.05) is 32.8 Å². The smallest absolute Gasteiger partial charge is 0.341 e. The highest BCUT2D eigenvalue weighted by Crippen LogP contribution is 2.31. The lowest BCUT2D eigenvalue weighted by Crippen LogP contribution is -2.47. The van der Waals surface area contributed by atoms with Crippen LogP contribution in [0.5, 0.6) is 5.75 Å². The SMILES string of the molecule is O=C(O)COc1ccc(C=C2SC(N3CCN(Cc4ccccc4)CC3)=NC2=O)cc1. The van der Waals surface area contributed by atoms with E-state index >= 15 is 0 Å². The molecule has 0 spiro atoms. The predicted molar refractivity (Wildman–Crippen MR) is 121 cm³/mol. The second kappa shape index (κ2) is 9.80. The van der Waals surface area contributed by atoms with Gasteiger partial charge in [-0.05, 0) is 41.1 Å². The van der Waals surface area contributed by atoms with E-state index in [9.17, 15) is 9.59 Å². The summed E-state index contributed by atoms with van der Waals surface area (Å²) in [6, 6.07) is 17.4. The van der Waals surface area contributed by atoms with Crippen LogP contribution >= 0.6 is 11.8 Å². The van der Waals surface area contributed by atoms with Crippen LogP contribution in [0.15, 0.2) is 64.5 Å². The molecule has 0 bridgehead atoms. The van der Waals surface area contributed by atoms with Crippen molar-refractivity contribution in [3.8, 4) is 5.75 Å². The van der Waals surface area contributed by atoms with Gasteiger partial charge in [-0.1, -0.05) is 42.5 Å². The Hall–Kier alpha value is -3.10. The predicted octanol–water partition coefficient (Wildman–Crippen LogP) is 2.94. The quantitative estimate of drug-likeness (QED) is 0.696. The number of hydrogen-bond acceptors (Lipinski definition) is 6. The van der Waals surface area contributed by atoms with Gasteiger partial charge in [-0.25, -0.2) is 4.79 Å². The van der Waals surface area contributed by atoms with Crippen LogP contribution in [0.3, 0.4) is 0 Å². The summed E-state index contributed by atoms with van der Waals surface area (Å²) in [6.45, 7) is 4.10. The van der Waals surface area contributed by atoms with E-state index in [0.717, 1.165) is 43.5 Å². The Balaban J connectivity index is 1.31. The fourth-order valence-corrected chi connectivity index (χ4v) is 4.39. The Kier molecular flexibility index (Phi) is 6.69. The van der Waals surface area contributed by atoms with E-state index in [1.165, 1.54) is 17.3 Å². The molecule has 2 heterocycles. The third-order valence-corrected chi connectivity index (χ3v) is 6.09. The number of amidine groups is 1. The van der Waals surface area contributed by atoms with Crippen molar-refractivity contribution < 1.29 is 19.4 Å². The molecule has 31 heavy (non-hydrogen) atoms. The van der Waals surface area contributed by atoms with E-state index in [2.05, 4.69) is 39.1 Å². The lowest BCUT2D eigenvalue weighted by atomic mass is 10.2. The highest BCUT2D eigenvalue weighted by molar-refractivity contribution is 8.18. The highest BCUT2D eigenvalue weighted by atomic mass is 32.2. The standard InChI is InChI=1S/C23H23N3O4S/c27-21(28)16-30-19-8-6-17(7-9-19)14-20-22(29)24-23(31-20)26-12-10-25(11-13-26)15-18-4-2-1-3-5-18/h1-9,14H,10-13,15-16H2,(H,27,28). The Morgan fingerprint density at radius 1 is 1.06 bits per heavy atom. The number of piperazine rings is 1. The largest absolute Gasteiger partial charge is 0.482 e. The maximum atomic E-state index is 12.4. The van der Waals surface area contributed by atoms with Crippen LogP contribution in [0.4, 0.5) is 0 Å². The van der Waals surface area contributed by atoms with E-state index in [-0.39, 0.29) is 12.5 Å². The molecule has 4 rings (SSSR count). The molecule has 1 N–H and O–H groups in total. The summed E-state index contributed by atoms with van der Waals surface area (Å²) in [4.78, 5) is 32.4. The molecule has 0 saturated carbocycles. The van der Waals surface area contributed by atoms with Crippen LogP contribution in [0.1, 0.15) is 11.1 Å². The molecule has 0 aromatic heterocycles. The molecular formula is C23H23N3O4S. The van der Waals surface area contributed by atoms with Crippen molar-refractivity contribution in [3.05, 3.63) is 70.6 Å². The zero-order valence-corrected chi connectivity index (χ0v) is 17.8. The van der Waals surface area contributed by atoms with Crippen LogP contribution in [0, 0.1) is 0 Å². The number of thioether (sulfide) groups is 1. The van der Waals surface area contributed by atoms with Gasteiger partial charge < -0.3 is 14.7 Å². The third-order valence-electron chi connectivity index (χ3n) is 5.04. The minimum Gasteiger partial charge on any atom is -0.482 e. The van der Waals surface area contributed by atoms with Gasteiger partial charge in [0.25, 0.3) is 5.91 Å². The molecule has 1 amide bonds. The number of carboxylic acids is 1. The van der Waals surface area contributed by atoms with Crippen molar-refractivity contribution in [3.63, 3.8) is 0 Å². The molecule has 7 nitrogen and oxygen atoms in total. The van der Waals surface area contributed by atoms with Gasteiger partial charge in [0.1, 0.15) is 5.75 Å². The van der Waals surface area contributed by atoms with E-state index in [1.807, 2.05) is 6.07 Å². The van der Waals surface area contributed by atoms with E-state index in [4.69, 9.17) is 9.84 Å². The minimum atomic E-state index is -1.02. The fraction of sp³-hybridized carbons (Fsp3) is 0.261. The van der Waals surface area contributed by atoms with Crippen molar-refractivity contribution in [1.29, 1.82) is 0 Å². The molecule has 0 unspecified atom stereocenters. The lowest BCUT2D eigenvalue weighted by Gasteiger charge is -2.35. The summed E-state index contributed by atoms with van der Waals surface area (Å²) in [5.74, 6) is -0.775. The Bertz CT molecular complexity index is 997. The number of rotatable bonds is 6. The van der Waals surface area contributed by atoms with Gasteiger partial charge in [0.05, 0.1) is 4.91 Å². The second-order valence-electron chi connectivity index (χ2n) is 7.31. The fourth-order valence-electron chi connectivity index (χ4n) is 3.43. The number of aliphatic imine (C=N–C) groups is 1. The molecular weight excluding hydrogens is 414 g/mol. The van der Waals surface area contributed by atoms with Crippen LogP contribution in [-0.2, 0) is 16.1 Å². The van der Waals surface area contributed by atoms with Crippen molar-refractivity contribution in [2.24, 2.45) is 4.99 Å². The first-order valence-corrected chi connectivity index (χ1v) is 10.9. The van der Waals surface area contributed by atoms with Crippen LogP contribution in [0.25, 0.3) is 6.08 Å². The molecule has 160 valence electrons. The van der Waals surface area contributed by atoms with Gasteiger partial charge in [0.15, 0.2) is 11.8 Å². The second-order valence-corrected chi connectivity index (χ2v) is 8.32. The molecule has 0 atom stereocenters. The Labute approximate surface area is 185 Å². The van der Waals surface area contributed by atoms with Gasteiger partial charge in [0, 0.05) is 32.7 Å². The first-order chi connectivity index (χ1) is 15.1. The number of benzene rings is 2. The summed E-state index contributed by atoms with van der Waals surface area (Å²) in [7, 11) is 0. The topological polar surface area (TPSA) is 82.4 Å². The molecule has 2 aliphatic heterocycles. The van der Waals surface area contributed by atoms with E-state index in [0.29, 0.717) is 10.7 Å². The van der Waals surface area contributed by atoms with Gasteiger partial charge in [0.2, 0.25) is 0 Å². The maximum Gasteiger partial charge on any atom is 0.341 e. The minimum absolute atomic E-state index is 0.224. The van der Waals surface area contributed by atoms with Gasteiger partial charge in [-0.2, -0.15) is 4.99 Å². The maximum absolute atomic E-state index is 12.4. The third kappa shape index (κ3) is 5.74. The number of hydrogen-bond donors (Lipinski definition) is 1. The molecule has 1 saturated heterocycles. The molecule has 2 aromatic carbocycles. The first-order valence-electron chi connectivity index (χ1n) is 10.1. The monoisotopic (exact) mass is 437 g/mol. The number of carbonyl (C=O) groups excluding carboxylic acids is 1. The molecule has 1 fully saturated rings. The molecule has 8 heteroatoms. The van der Waals surface area contributed by atoms with Crippen molar-refractivity contribution >= 4 is 34.9 Å². The Morgan fingerprint density at radius 2 is 1.77 bits per heavy atom. The zero-order valence-electron chi connectivity index (χ0n) is 16.9. The normalized spacial score (nSPS) is 18.3. The van der Waals surface area contributed by atoms with E-state index in [1.54, 1.807) is 30.3 Å². The van der Waals surface area contributed by atoms with Gasteiger partial charge >= 0.3 is 5.97 Å². The molecule has 0 aliphatic carbocycles. The van der Waals surface area contributed by atoms with Crippen LogP contribution in [-0.4, -0.2) is 64.7 Å². The highest BCUT2D eigenvalue weighted by Gasteiger charge is 2.28. The zero-order chi connectivity index (χ0) is 21.6. The van der Waals surface area contributed by atoms with Crippen molar-refractivity contribution in [2.45, 2.75) is 6.54 Å². The molecule has 2 aliphatic rings. The summed E-state index contributed by atoms with van der Waals surface area (Å²) >= 11 is 1.40. The number of ether oxygens (including phenoxy) is 1. The molecule has 0 radical (unpaired) electrons. The number of carbonyl (C=O) groups is 2. The Morgan fingerprint density at radius 3 is 2.45 bits per heavy atom. The van der Waals surface area contributed by atoms with Gasteiger partial charge in [-0.3, -0.25) is 9.69 Å². The number of amides is 1. The lowest BCUT2D eigenvalue weighted by molar-refractivity contribution is -0.139. The average molecular weight is 438 g/mol. The van der Waals surface area contributed by atoms with E-state index < -0.39 is 5.97 Å². The van der Waals surface area contributed by atoms with Gasteiger partial charge in [-0.15, -0.1) is 0 Å². The summed E-state index contributed by atoms with van der Waals surface area (Å²) in [6.07, 6.45) is 1.80. The number of aliphatic carboxylic acids is 1. The summed E-state index contributed by atoms with van der Waals surface area (Å²) < 4.78 is 5.13. The van der Waals surface area contributed by atoms with Crippen molar-refractivity contribution in [1.82, 2.24) is 9.80 Å². The summed E-state index contributed by atoms with van der Waals surface area (Å²) in [5, 5.41) is 9.43. The molecule has 2 aromatic rings. The summed E-state index contributed by atoms with van der Waals surface area (Å²) in [5.41, 5.74) is 2.14. The number of nitrogens with zero attached hydrogens (tertiary/aromatic N) is 3. The average Bonchev–Trinajstić information content (AvgIpc) is 3.14. The number of carboxylic acid groups (broad SMARTS) is 1. The van der Waals surface area contributed by atoms with Crippen LogP contribution in [0.2, 0.25) is 0 Å². The van der Waals surface area contributed by atoms with Crippen LogP contribution < -0.4 is 4.74 Å². The first kappa shape index (κ1) is 21.1.